The van der Waals surface area contributed by atoms with Gasteiger partial charge in [-0.3, -0.25) is 0 Å². The molecule has 0 aliphatic heterocycles. The monoisotopic (exact) mass is 281 g/mol. The van der Waals surface area contributed by atoms with Crippen LogP contribution in [0.2, 0.25) is 0 Å². The Morgan fingerprint density at radius 2 is 1.90 bits per heavy atom. The van der Waals surface area contributed by atoms with Gasteiger partial charge in [0.2, 0.25) is 0 Å². The Labute approximate surface area is 122 Å². The highest BCUT2D eigenvalue weighted by Crippen LogP contribution is 2.19. The van der Waals surface area contributed by atoms with Crippen molar-refractivity contribution in [3.05, 3.63) is 24.3 Å². The number of methoxy groups -OCH3 is 1. The number of benzene rings is 1. The fraction of sp³-hybridized carbons (Fsp3) is 0.625. The molecule has 0 heterocycles. The highest BCUT2D eigenvalue weighted by molar-refractivity contribution is 5.32. The van der Waals surface area contributed by atoms with Crippen LogP contribution in [-0.4, -0.2) is 37.5 Å². The summed E-state index contributed by atoms with van der Waals surface area (Å²) < 4.78 is 10.7. The third-order valence-corrected chi connectivity index (χ3v) is 3.44. The van der Waals surface area contributed by atoms with Gasteiger partial charge in [-0.05, 0) is 24.5 Å². The van der Waals surface area contributed by atoms with E-state index < -0.39 is 6.10 Å². The van der Waals surface area contributed by atoms with Crippen LogP contribution in [0, 0.1) is 5.41 Å². The van der Waals surface area contributed by atoms with Crippen molar-refractivity contribution in [3.8, 4) is 11.5 Å². The molecule has 0 radical (unpaired) electrons. The maximum atomic E-state index is 9.93. The van der Waals surface area contributed by atoms with E-state index in [9.17, 15) is 5.11 Å². The van der Waals surface area contributed by atoms with Gasteiger partial charge in [-0.25, -0.2) is 0 Å². The van der Waals surface area contributed by atoms with Crippen LogP contribution in [0.15, 0.2) is 24.3 Å². The summed E-state index contributed by atoms with van der Waals surface area (Å²) in [6.07, 6.45) is -0.536. The molecule has 1 aromatic rings. The van der Waals surface area contributed by atoms with Crippen LogP contribution in [0.1, 0.15) is 27.7 Å². The second-order valence-corrected chi connectivity index (χ2v) is 6.14. The van der Waals surface area contributed by atoms with Gasteiger partial charge in [0.05, 0.1) is 7.11 Å². The van der Waals surface area contributed by atoms with Gasteiger partial charge in [0.25, 0.3) is 0 Å². The largest absolute Gasteiger partial charge is 0.497 e. The summed E-state index contributed by atoms with van der Waals surface area (Å²) in [4.78, 5) is 0. The van der Waals surface area contributed by atoms with Crippen molar-refractivity contribution in [2.45, 2.75) is 39.8 Å². The third kappa shape index (κ3) is 5.80. The van der Waals surface area contributed by atoms with E-state index in [-0.39, 0.29) is 12.0 Å². The van der Waals surface area contributed by atoms with E-state index in [2.05, 4.69) is 33.0 Å². The summed E-state index contributed by atoms with van der Waals surface area (Å²) >= 11 is 0. The van der Waals surface area contributed by atoms with Gasteiger partial charge < -0.3 is 19.9 Å². The van der Waals surface area contributed by atoms with Crippen LogP contribution >= 0.6 is 0 Å². The number of aliphatic hydroxyl groups is 1. The molecule has 0 aromatic heterocycles. The van der Waals surface area contributed by atoms with Crippen molar-refractivity contribution in [1.29, 1.82) is 0 Å². The van der Waals surface area contributed by atoms with Crippen molar-refractivity contribution in [2.24, 2.45) is 5.41 Å². The molecule has 0 fully saturated rings. The average Bonchev–Trinajstić information content (AvgIpc) is 2.41. The van der Waals surface area contributed by atoms with Crippen LogP contribution < -0.4 is 14.8 Å². The van der Waals surface area contributed by atoms with Crippen molar-refractivity contribution in [1.82, 2.24) is 5.32 Å². The zero-order valence-corrected chi connectivity index (χ0v) is 13.1. The summed E-state index contributed by atoms with van der Waals surface area (Å²) in [6.45, 7) is 9.41. The van der Waals surface area contributed by atoms with Gasteiger partial charge in [0, 0.05) is 18.7 Å². The van der Waals surface area contributed by atoms with Crippen LogP contribution in [0.4, 0.5) is 0 Å². The van der Waals surface area contributed by atoms with Crippen LogP contribution in [0.25, 0.3) is 0 Å². The molecule has 2 N–H and O–H groups in total. The summed E-state index contributed by atoms with van der Waals surface area (Å²) in [7, 11) is 1.62. The van der Waals surface area contributed by atoms with Crippen LogP contribution in [0.3, 0.4) is 0 Å². The van der Waals surface area contributed by atoms with Gasteiger partial charge in [0.1, 0.15) is 24.2 Å². The molecule has 2 atom stereocenters. The van der Waals surface area contributed by atoms with Crippen molar-refractivity contribution < 1.29 is 14.6 Å². The molecular weight excluding hydrogens is 254 g/mol. The highest BCUT2D eigenvalue weighted by atomic mass is 16.5. The second-order valence-electron chi connectivity index (χ2n) is 6.14. The number of rotatable bonds is 7. The molecule has 4 heteroatoms. The van der Waals surface area contributed by atoms with Crippen LogP contribution in [-0.2, 0) is 0 Å². The molecule has 1 aromatic carbocycles. The summed E-state index contributed by atoms with van der Waals surface area (Å²) in [5.41, 5.74) is 0.174. The predicted octanol–water partition coefficient (Wildman–Crippen LogP) is 2.46. The Balaban J connectivity index is 2.34. The lowest BCUT2D eigenvalue weighted by molar-refractivity contribution is 0.0985. The fourth-order valence-corrected chi connectivity index (χ4v) is 1.56. The lowest BCUT2D eigenvalue weighted by Crippen LogP contribution is -2.42. The smallest absolute Gasteiger partial charge is 0.123 e. The highest BCUT2D eigenvalue weighted by Gasteiger charge is 2.20. The fourth-order valence-electron chi connectivity index (χ4n) is 1.56. The SMILES string of the molecule is COc1cccc(OC[C@H](O)CN[C@@H](C)C(C)(C)C)c1. The third-order valence-electron chi connectivity index (χ3n) is 3.44. The Bertz CT molecular complexity index is 401. The molecule has 0 aliphatic carbocycles. The molecule has 0 bridgehead atoms. The number of hydrogen-bond acceptors (Lipinski definition) is 4. The van der Waals surface area contributed by atoms with Gasteiger partial charge in [-0.2, -0.15) is 0 Å². The number of nitrogens with one attached hydrogen (secondary N) is 1. The Kier molecular flexibility index (Phi) is 6.30. The minimum atomic E-state index is -0.536. The second kappa shape index (κ2) is 7.50. The molecule has 20 heavy (non-hydrogen) atoms. The molecule has 0 aliphatic rings. The van der Waals surface area contributed by atoms with Crippen molar-refractivity contribution in [3.63, 3.8) is 0 Å². The lowest BCUT2D eigenvalue weighted by atomic mass is 9.88. The number of hydrogen-bond donors (Lipinski definition) is 2. The zero-order chi connectivity index (χ0) is 15.2. The van der Waals surface area contributed by atoms with E-state index in [1.54, 1.807) is 13.2 Å². The van der Waals surface area contributed by atoms with E-state index in [0.29, 0.717) is 18.3 Å². The van der Waals surface area contributed by atoms with E-state index >= 15 is 0 Å². The number of aliphatic hydroxyl groups excluding tert-OH is 1. The van der Waals surface area contributed by atoms with Gasteiger partial charge in [0.15, 0.2) is 0 Å². The van der Waals surface area contributed by atoms with Crippen molar-refractivity contribution in [2.75, 3.05) is 20.3 Å². The molecule has 0 saturated carbocycles. The molecule has 0 spiro atoms. The first-order chi connectivity index (χ1) is 9.32. The first kappa shape index (κ1) is 16.8. The summed E-state index contributed by atoms with van der Waals surface area (Å²) in [5.74, 6) is 1.45. The maximum Gasteiger partial charge on any atom is 0.123 e. The van der Waals surface area contributed by atoms with Crippen LogP contribution in [0.5, 0.6) is 11.5 Å². The normalized spacial score (nSPS) is 14.7. The summed E-state index contributed by atoms with van der Waals surface area (Å²) in [6, 6.07) is 7.70. The standard InChI is InChI=1S/C16H27NO3/c1-12(16(2,3)4)17-10-13(18)11-20-15-8-6-7-14(9-15)19-5/h6-9,12-13,17-18H,10-11H2,1-5H3/t12-,13+/m0/s1. The maximum absolute atomic E-state index is 9.93. The molecule has 0 amide bonds. The zero-order valence-electron chi connectivity index (χ0n) is 13.1. The van der Waals surface area contributed by atoms with Gasteiger partial charge in [-0.1, -0.05) is 26.8 Å². The molecule has 0 unspecified atom stereocenters. The average molecular weight is 281 g/mol. The predicted molar refractivity (Wildman–Crippen MR) is 81.4 cm³/mol. The molecular formula is C16H27NO3. The summed E-state index contributed by atoms with van der Waals surface area (Å²) in [5, 5.41) is 13.3. The van der Waals surface area contributed by atoms with Crippen molar-refractivity contribution >= 4 is 0 Å². The molecule has 4 nitrogen and oxygen atoms in total. The Morgan fingerprint density at radius 1 is 1.25 bits per heavy atom. The minimum absolute atomic E-state index is 0.174. The quantitative estimate of drug-likeness (QED) is 0.806. The molecule has 1 rings (SSSR count). The number of ether oxygens (including phenoxy) is 2. The van der Waals surface area contributed by atoms with E-state index in [0.717, 1.165) is 5.75 Å². The van der Waals surface area contributed by atoms with E-state index in [1.807, 2.05) is 18.2 Å². The Hall–Kier alpha value is -1.26. The molecule has 0 saturated heterocycles. The first-order valence-corrected chi connectivity index (χ1v) is 7.01. The first-order valence-electron chi connectivity index (χ1n) is 7.01. The Morgan fingerprint density at radius 3 is 2.50 bits per heavy atom. The van der Waals surface area contributed by atoms with Gasteiger partial charge in [-0.15, -0.1) is 0 Å². The van der Waals surface area contributed by atoms with Gasteiger partial charge >= 0.3 is 0 Å². The van der Waals surface area contributed by atoms with E-state index in [4.69, 9.17) is 9.47 Å². The van der Waals surface area contributed by atoms with E-state index in [1.165, 1.54) is 0 Å². The lowest BCUT2D eigenvalue weighted by Gasteiger charge is -2.29. The molecule has 114 valence electrons. The topological polar surface area (TPSA) is 50.7 Å². The minimum Gasteiger partial charge on any atom is -0.497 e.